The lowest BCUT2D eigenvalue weighted by Crippen LogP contribution is -2.18. The number of hydrogen-bond donors (Lipinski definition) is 2. The third kappa shape index (κ3) is 3.71. The molecule has 3 rings (SSSR count). The first-order chi connectivity index (χ1) is 11.2. The smallest absolute Gasteiger partial charge is 0.0956 e. The molecule has 2 aromatic rings. The zero-order valence-electron chi connectivity index (χ0n) is 13.3. The third-order valence-corrected chi connectivity index (χ3v) is 4.97. The van der Waals surface area contributed by atoms with Crippen LogP contribution in [-0.2, 0) is 11.0 Å². The summed E-state index contributed by atoms with van der Waals surface area (Å²) in [6.45, 7) is 0.730. The normalized spacial score (nSPS) is 18.4. The van der Waals surface area contributed by atoms with Crippen LogP contribution in [0, 0.1) is 0 Å². The van der Waals surface area contributed by atoms with Gasteiger partial charge >= 0.3 is 0 Å². The van der Waals surface area contributed by atoms with Gasteiger partial charge in [0.05, 0.1) is 41.3 Å². The van der Waals surface area contributed by atoms with Gasteiger partial charge in [0, 0.05) is 18.4 Å². The highest BCUT2D eigenvalue weighted by atomic mass is 32.2. The monoisotopic (exact) mass is 333 g/mol. The first kappa shape index (κ1) is 16.4. The van der Waals surface area contributed by atoms with E-state index in [9.17, 15) is 9.32 Å². The summed E-state index contributed by atoms with van der Waals surface area (Å²) in [7, 11) is -0.951. The van der Waals surface area contributed by atoms with Crippen LogP contribution in [0.1, 0.15) is 37.3 Å². The van der Waals surface area contributed by atoms with Gasteiger partial charge in [0.25, 0.3) is 0 Å². The zero-order chi connectivity index (χ0) is 16.2. The van der Waals surface area contributed by atoms with Crippen LogP contribution in [0.25, 0.3) is 11.3 Å². The number of aromatic nitrogens is 2. The van der Waals surface area contributed by atoms with Crippen molar-refractivity contribution in [2.75, 3.05) is 12.8 Å². The highest BCUT2D eigenvalue weighted by Gasteiger charge is 2.29. The number of rotatable bonds is 8. The van der Waals surface area contributed by atoms with Crippen molar-refractivity contribution < 1.29 is 9.32 Å². The average Bonchev–Trinajstić information content (AvgIpc) is 3.10. The van der Waals surface area contributed by atoms with Gasteiger partial charge in [-0.1, -0.05) is 24.3 Å². The molecule has 0 saturated heterocycles. The van der Waals surface area contributed by atoms with E-state index >= 15 is 0 Å². The average molecular weight is 333 g/mol. The number of nitrogens with one attached hydrogen (secondary N) is 1. The first-order valence-electron chi connectivity index (χ1n) is 8.03. The van der Waals surface area contributed by atoms with Gasteiger partial charge in [0.1, 0.15) is 0 Å². The standard InChI is InChI=1S/C17H23N3O2S/c1-23(22)19-9-5-4-6-13(21)10-16-14-7-2-3-8-15(14)17-11-18-12-20(16)17/h2-3,7-8,11-13,16,19,21H,4-6,9-10H2,1H3. The van der Waals surface area contributed by atoms with Crippen LogP contribution in [0.2, 0.25) is 0 Å². The van der Waals surface area contributed by atoms with E-state index in [4.69, 9.17) is 0 Å². The molecule has 0 fully saturated rings. The highest BCUT2D eigenvalue weighted by molar-refractivity contribution is 7.82. The van der Waals surface area contributed by atoms with Gasteiger partial charge in [-0.3, -0.25) is 0 Å². The number of fused-ring (bicyclic) bond motifs is 3. The van der Waals surface area contributed by atoms with E-state index in [1.807, 2.05) is 18.6 Å². The summed E-state index contributed by atoms with van der Waals surface area (Å²) in [6.07, 6.45) is 8.36. The molecular formula is C17H23N3O2S. The van der Waals surface area contributed by atoms with Crippen molar-refractivity contribution in [3.63, 3.8) is 0 Å². The van der Waals surface area contributed by atoms with Crippen molar-refractivity contribution in [3.05, 3.63) is 42.4 Å². The van der Waals surface area contributed by atoms with Gasteiger partial charge in [-0.2, -0.15) is 0 Å². The van der Waals surface area contributed by atoms with Crippen molar-refractivity contribution in [1.82, 2.24) is 14.3 Å². The predicted octanol–water partition coefficient (Wildman–Crippen LogP) is 2.26. The largest absolute Gasteiger partial charge is 0.393 e. The molecule has 6 heteroatoms. The van der Waals surface area contributed by atoms with Crippen molar-refractivity contribution in [3.8, 4) is 11.3 Å². The van der Waals surface area contributed by atoms with Gasteiger partial charge in [-0.15, -0.1) is 0 Å². The quantitative estimate of drug-likeness (QED) is 0.728. The Labute approximate surface area is 139 Å². The van der Waals surface area contributed by atoms with E-state index in [1.54, 1.807) is 6.26 Å². The molecule has 5 nitrogen and oxygen atoms in total. The first-order valence-corrected chi connectivity index (χ1v) is 9.58. The zero-order valence-corrected chi connectivity index (χ0v) is 14.1. The molecular weight excluding hydrogens is 310 g/mol. The van der Waals surface area contributed by atoms with Crippen LogP contribution < -0.4 is 4.72 Å². The molecule has 3 atom stereocenters. The summed E-state index contributed by atoms with van der Waals surface area (Å²) < 4.78 is 16.0. The number of hydrogen-bond acceptors (Lipinski definition) is 3. The molecule has 1 aromatic heterocycles. The molecule has 23 heavy (non-hydrogen) atoms. The molecule has 0 amide bonds. The topological polar surface area (TPSA) is 67.2 Å². The molecule has 0 saturated carbocycles. The summed E-state index contributed by atoms with van der Waals surface area (Å²) >= 11 is 0. The van der Waals surface area contributed by atoms with Crippen LogP contribution in [0.5, 0.6) is 0 Å². The van der Waals surface area contributed by atoms with E-state index in [2.05, 4.69) is 32.5 Å². The number of nitrogens with zero attached hydrogens (tertiary/aromatic N) is 2. The van der Waals surface area contributed by atoms with Crippen molar-refractivity contribution in [2.24, 2.45) is 0 Å². The summed E-state index contributed by atoms with van der Waals surface area (Å²) in [5.74, 6) is 0. The number of aliphatic hydroxyl groups excluding tert-OH is 1. The van der Waals surface area contributed by atoms with Gasteiger partial charge in [0.15, 0.2) is 0 Å². The fourth-order valence-corrected chi connectivity index (χ4v) is 3.70. The molecule has 124 valence electrons. The highest BCUT2D eigenvalue weighted by Crippen LogP contribution is 2.41. The van der Waals surface area contributed by atoms with E-state index in [0.29, 0.717) is 6.42 Å². The fraction of sp³-hybridized carbons (Fsp3) is 0.471. The predicted molar refractivity (Wildman–Crippen MR) is 92.3 cm³/mol. The molecule has 0 radical (unpaired) electrons. The number of imidazole rings is 1. The Bertz CT molecular complexity index is 686. The second-order valence-corrected chi connectivity index (χ2v) is 7.22. The minimum Gasteiger partial charge on any atom is -0.393 e. The minimum absolute atomic E-state index is 0.167. The molecule has 0 spiro atoms. The van der Waals surface area contributed by atoms with Gasteiger partial charge < -0.3 is 9.67 Å². The van der Waals surface area contributed by atoms with Crippen LogP contribution >= 0.6 is 0 Å². The lowest BCUT2D eigenvalue weighted by atomic mass is 9.97. The van der Waals surface area contributed by atoms with E-state index in [-0.39, 0.29) is 12.1 Å². The van der Waals surface area contributed by atoms with Crippen LogP contribution in [0.4, 0.5) is 0 Å². The van der Waals surface area contributed by atoms with Crippen LogP contribution in [0.15, 0.2) is 36.8 Å². The lowest BCUT2D eigenvalue weighted by molar-refractivity contribution is 0.139. The molecule has 3 unspecified atom stereocenters. The molecule has 1 aliphatic heterocycles. The number of aliphatic hydroxyl groups is 1. The molecule has 2 heterocycles. The maximum absolute atomic E-state index is 10.9. The van der Waals surface area contributed by atoms with Crippen LogP contribution in [-0.4, -0.2) is 37.8 Å². The Morgan fingerprint density at radius 1 is 1.39 bits per heavy atom. The Morgan fingerprint density at radius 2 is 2.22 bits per heavy atom. The molecule has 1 aromatic carbocycles. The van der Waals surface area contributed by atoms with Crippen molar-refractivity contribution >= 4 is 11.0 Å². The lowest BCUT2D eigenvalue weighted by Gasteiger charge is -2.19. The summed E-state index contributed by atoms with van der Waals surface area (Å²) in [6, 6.07) is 8.51. The Morgan fingerprint density at radius 3 is 3.04 bits per heavy atom. The minimum atomic E-state index is -0.951. The van der Waals surface area contributed by atoms with E-state index in [0.717, 1.165) is 31.5 Å². The van der Waals surface area contributed by atoms with Gasteiger partial charge in [-0.25, -0.2) is 13.9 Å². The fourth-order valence-electron chi connectivity index (χ4n) is 3.27. The summed E-state index contributed by atoms with van der Waals surface area (Å²) in [5, 5.41) is 10.4. The van der Waals surface area contributed by atoms with E-state index in [1.165, 1.54) is 11.1 Å². The molecule has 0 bridgehead atoms. The Hall–Kier alpha value is -1.50. The molecule has 1 aliphatic rings. The van der Waals surface area contributed by atoms with Crippen molar-refractivity contribution in [1.29, 1.82) is 0 Å². The van der Waals surface area contributed by atoms with Gasteiger partial charge in [-0.05, 0) is 31.2 Å². The second-order valence-electron chi connectivity index (χ2n) is 6.02. The van der Waals surface area contributed by atoms with Crippen LogP contribution in [0.3, 0.4) is 0 Å². The Kier molecular flexibility index (Phi) is 5.25. The number of unbranched alkanes of at least 4 members (excludes halogenated alkanes) is 1. The molecule has 0 aliphatic carbocycles. The van der Waals surface area contributed by atoms with Gasteiger partial charge in [0.2, 0.25) is 0 Å². The second kappa shape index (κ2) is 7.38. The molecule has 2 N–H and O–H groups in total. The maximum atomic E-state index is 10.9. The SMILES string of the molecule is CS(=O)NCCCCC(O)CC1c2ccccc2-c2cncn21. The Balaban J connectivity index is 1.57. The summed E-state index contributed by atoms with van der Waals surface area (Å²) in [5.41, 5.74) is 3.62. The van der Waals surface area contributed by atoms with Crippen molar-refractivity contribution in [2.45, 2.75) is 37.8 Å². The summed E-state index contributed by atoms with van der Waals surface area (Å²) in [4.78, 5) is 4.25. The third-order valence-electron chi connectivity index (χ3n) is 4.36. The maximum Gasteiger partial charge on any atom is 0.0956 e. The number of benzene rings is 1. The van der Waals surface area contributed by atoms with E-state index < -0.39 is 11.0 Å².